The van der Waals surface area contributed by atoms with Gasteiger partial charge in [-0.15, -0.1) is 0 Å². The van der Waals surface area contributed by atoms with Gasteiger partial charge in [0.05, 0.1) is 5.52 Å². The molecular formula is C19H26N2. The van der Waals surface area contributed by atoms with Crippen molar-refractivity contribution in [2.24, 2.45) is 17.8 Å². The van der Waals surface area contributed by atoms with Crippen LogP contribution in [0.15, 0.2) is 36.5 Å². The number of nitrogens with one attached hydrogen (secondary N) is 1. The molecule has 3 rings (SSSR count). The largest absolute Gasteiger partial charge is 0.313 e. The van der Waals surface area contributed by atoms with Crippen molar-refractivity contribution < 1.29 is 0 Å². The van der Waals surface area contributed by atoms with Crippen LogP contribution in [-0.2, 0) is 0 Å². The molecule has 1 aliphatic carbocycles. The zero-order valence-electron chi connectivity index (χ0n) is 13.3. The Balaban J connectivity index is 1.98. The molecule has 2 nitrogen and oxygen atoms in total. The quantitative estimate of drug-likeness (QED) is 0.892. The Morgan fingerprint density at radius 1 is 1.05 bits per heavy atom. The Morgan fingerprint density at radius 2 is 1.76 bits per heavy atom. The molecule has 1 heterocycles. The minimum Gasteiger partial charge on any atom is -0.313 e. The zero-order valence-corrected chi connectivity index (χ0v) is 13.3. The summed E-state index contributed by atoms with van der Waals surface area (Å²) >= 11 is 0. The lowest BCUT2D eigenvalue weighted by molar-refractivity contribution is 0.181. The molecule has 0 saturated heterocycles. The van der Waals surface area contributed by atoms with E-state index in [9.17, 15) is 0 Å². The standard InChI is InChI=1S/C19H26N2/c1-13-10-14(2)12-15(11-13)19(20-3)17-8-9-21-18-7-5-4-6-16(17)18/h4-9,13-15,19-20H,10-12H2,1-3H3. The van der Waals surface area contributed by atoms with Crippen molar-refractivity contribution in [3.8, 4) is 0 Å². The van der Waals surface area contributed by atoms with E-state index in [1.807, 2.05) is 6.20 Å². The van der Waals surface area contributed by atoms with Crippen LogP contribution in [0.5, 0.6) is 0 Å². The Hall–Kier alpha value is -1.41. The maximum Gasteiger partial charge on any atom is 0.0705 e. The Kier molecular flexibility index (Phi) is 4.25. The van der Waals surface area contributed by atoms with E-state index in [0.717, 1.165) is 23.3 Å². The molecule has 1 aromatic carbocycles. The van der Waals surface area contributed by atoms with Gasteiger partial charge in [0.15, 0.2) is 0 Å². The zero-order chi connectivity index (χ0) is 14.8. The van der Waals surface area contributed by atoms with Crippen LogP contribution < -0.4 is 5.32 Å². The van der Waals surface area contributed by atoms with Crippen LogP contribution in [0.1, 0.15) is 44.7 Å². The van der Waals surface area contributed by atoms with Crippen LogP contribution in [-0.4, -0.2) is 12.0 Å². The summed E-state index contributed by atoms with van der Waals surface area (Å²) in [6.45, 7) is 4.81. The van der Waals surface area contributed by atoms with Gasteiger partial charge in [0.2, 0.25) is 0 Å². The molecule has 0 amide bonds. The molecule has 1 saturated carbocycles. The summed E-state index contributed by atoms with van der Waals surface area (Å²) in [5.74, 6) is 2.39. The third-order valence-corrected chi connectivity index (χ3v) is 5.02. The lowest BCUT2D eigenvalue weighted by Gasteiger charge is -2.37. The number of hydrogen-bond donors (Lipinski definition) is 1. The van der Waals surface area contributed by atoms with Crippen LogP contribution in [0.25, 0.3) is 10.9 Å². The second kappa shape index (κ2) is 6.15. The molecule has 1 fully saturated rings. The first kappa shape index (κ1) is 14.5. The highest BCUT2D eigenvalue weighted by Crippen LogP contribution is 2.40. The summed E-state index contributed by atoms with van der Waals surface area (Å²) < 4.78 is 0. The third kappa shape index (κ3) is 2.96. The highest BCUT2D eigenvalue weighted by Gasteiger charge is 2.30. The first-order chi connectivity index (χ1) is 10.2. The fourth-order valence-corrected chi connectivity index (χ4v) is 4.32. The summed E-state index contributed by atoms with van der Waals surface area (Å²) in [6, 6.07) is 11.1. The third-order valence-electron chi connectivity index (χ3n) is 5.02. The van der Waals surface area contributed by atoms with E-state index in [1.165, 1.54) is 30.2 Å². The molecule has 3 unspecified atom stereocenters. The Bertz CT molecular complexity index is 592. The van der Waals surface area contributed by atoms with Crippen molar-refractivity contribution in [2.75, 3.05) is 7.05 Å². The molecule has 0 aliphatic heterocycles. The van der Waals surface area contributed by atoms with Crippen molar-refractivity contribution in [3.63, 3.8) is 0 Å². The van der Waals surface area contributed by atoms with Gasteiger partial charge in [-0.2, -0.15) is 0 Å². The fraction of sp³-hybridized carbons (Fsp3) is 0.526. The van der Waals surface area contributed by atoms with Crippen LogP contribution in [0.4, 0.5) is 0 Å². The maximum atomic E-state index is 4.51. The number of benzene rings is 1. The van der Waals surface area contributed by atoms with Crippen LogP contribution in [0.3, 0.4) is 0 Å². The van der Waals surface area contributed by atoms with Crippen molar-refractivity contribution >= 4 is 10.9 Å². The maximum absolute atomic E-state index is 4.51. The molecule has 3 atom stereocenters. The minimum atomic E-state index is 0.433. The van der Waals surface area contributed by atoms with Crippen molar-refractivity contribution in [2.45, 2.75) is 39.2 Å². The van der Waals surface area contributed by atoms with E-state index in [4.69, 9.17) is 0 Å². The summed E-state index contributed by atoms with van der Waals surface area (Å²) in [5.41, 5.74) is 2.52. The van der Waals surface area contributed by atoms with Gasteiger partial charge in [0, 0.05) is 17.6 Å². The normalized spacial score (nSPS) is 27.7. The molecular weight excluding hydrogens is 256 g/mol. The molecule has 0 spiro atoms. The lowest BCUT2D eigenvalue weighted by atomic mass is 9.72. The topological polar surface area (TPSA) is 24.9 Å². The van der Waals surface area contributed by atoms with Gasteiger partial charge in [-0.05, 0) is 61.8 Å². The molecule has 2 aromatic rings. The number of fused-ring (bicyclic) bond motifs is 1. The van der Waals surface area contributed by atoms with E-state index >= 15 is 0 Å². The molecule has 21 heavy (non-hydrogen) atoms. The average Bonchev–Trinajstić information content (AvgIpc) is 2.47. The van der Waals surface area contributed by atoms with E-state index in [1.54, 1.807) is 0 Å². The molecule has 112 valence electrons. The van der Waals surface area contributed by atoms with E-state index in [-0.39, 0.29) is 0 Å². The monoisotopic (exact) mass is 282 g/mol. The first-order valence-corrected chi connectivity index (χ1v) is 8.20. The number of pyridine rings is 1. The van der Waals surface area contributed by atoms with Crippen LogP contribution in [0, 0.1) is 17.8 Å². The second-order valence-corrected chi connectivity index (χ2v) is 6.86. The van der Waals surface area contributed by atoms with Crippen molar-refractivity contribution in [3.05, 3.63) is 42.1 Å². The van der Waals surface area contributed by atoms with Crippen molar-refractivity contribution in [1.29, 1.82) is 0 Å². The van der Waals surface area contributed by atoms with Gasteiger partial charge in [-0.25, -0.2) is 0 Å². The molecule has 1 aliphatic rings. The second-order valence-electron chi connectivity index (χ2n) is 6.86. The Labute approximate surface area is 128 Å². The van der Waals surface area contributed by atoms with Gasteiger partial charge in [0.1, 0.15) is 0 Å². The van der Waals surface area contributed by atoms with Gasteiger partial charge in [-0.1, -0.05) is 32.0 Å². The summed E-state index contributed by atoms with van der Waals surface area (Å²) in [6.07, 6.45) is 5.99. The minimum absolute atomic E-state index is 0.433. The summed E-state index contributed by atoms with van der Waals surface area (Å²) in [5, 5.41) is 4.89. The molecule has 1 N–H and O–H groups in total. The summed E-state index contributed by atoms with van der Waals surface area (Å²) in [7, 11) is 2.10. The number of hydrogen-bond acceptors (Lipinski definition) is 2. The predicted molar refractivity (Wildman–Crippen MR) is 89.2 cm³/mol. The van der Waals surface area contributed by atoms with Gasteiger partial charge in [0.25, 0.3) is 0 Å². The van der Waals surface area contributed by atoms with E-state index in [2.05, 4.69) is 61.5 Å². The van der Waals surface area contributed by atoms with Crippen LogP contribution in [0.2, 0.25) is 0 Å². The van der Waals surface area contributed by atoms with E-state index < -0.39 is 0 Å². The number of para-hydroxylation sites is 1. The molecule has 0 bridgehead atoms. The Morgan fingerprint density at radius 3 is 2.48 bits per heavy atom. The number of nitrogens with zero attached hydrogens (tertiary/aromatic N) is 1. The van der Waals surface area contributed by atoms with Gasteiger partial charge < -0.3 is 5.32 Å². The molecule has 0 radical (unpaired) electrons. The SMILES string of the molecule is CNC(c1ccnc2ccccc12)C1CC(C)CC(C)C1. The highest BCUT2D eigenvalue weighted by atomic mass is 14.9. The fourth-order valence-electron chi connectivity index (χ4n) is 4.32. The van der Waals surface area contributed by atoms with Crippen LogP contribution >= 0.6 is 0 Å². The number of aromatic nitrogens is 1. The summed E-state index contributed by atoms with van der Waals surface area (Å²) in [4.78, 5) is 4.51. The van der Waals surface area contributed by atoms with Gasteiger partial charge >= 0.3 is 0 Å². The highest BCUT2D eigenvalue weighted by molar-refractivity contribution is 5.82. The average molecular weight is 282 g/mol. The molecule has 1 aromatic heterocycles. The van der Waals surface area contributed by atoms with Gasteiger partial charge in [-0.3, -0.25) is 4.98 Å². The first-order valence-electron chi connectivity index (χ1n) is 8.20. The predicted octanol–water partition coefficient (Wildman–Crippen LogP) is 4.57. The smallest absolute Gasteiger partial charge is 0.0705 e. The lowest BCUT2D eigenvalue weighted by Crippen LogP contribution is -2.31. The van der Waals surface area contributed by atoms with Crippen molar-refractivity contribution in [1.82, 2.24) is 10.3 Å². The number of rotatable bonds is 3. The molecule has 2 heteroatoms. The van der Waals surface area contributed by atoms with E-state index in [0.29, 0.717) is 6.04 Å².